The van der Waals surface area contributed by atoms with Crippen molar-refractivity contribution >= 4 is 28.5 Å². The molecule has 1 saturated heterocycles. The van der Waals surface area contributed by atoms with Crippen LogP contribution in [-0.4, -0.2) is 33.6 Å². The van der Waals surface area contributed by atoms with Crippen LogP contribution < -0.4 is 0 Å². The Hall–Kier alpha value is -2.30. The van der Waals surface area contributed by atoms with Crippen molar-refractivity contribution in [3.05, 3.63) is 59.1 Å². The number of carbonyl (C=O) groups is 1. The van der Waals surface area contributed by atoms with E-state index in [0.717, 1.165) is 43.1 Å². The van der Waals surface area contributed by atoms with Gasteiger partial charge in [-0.15, -0.1) is 0 Å². The van der Waals surface area contributed by atoms with Gasteiger partial charge < -0.3 is 9.67 Å². The number of nitrogens with zero attached hydrogens (tertiary/aromatic N) is 2. The minimum absolute atomic E-state index is 0.204. The van der Waals surface area contributed by atoms with Crippen molar-refractivity contribution in [2.75, 3.05) is 13.1 Å². The molecule has 1 aliphatic heterocycles. The minimum atomic E-state index is -0.665. The normalized spacial score (nSPS) is 16.1. The molecule has 1 N–H and O–H groups in total. The number of aromatic nitrogens is 1. The highest BCUT2D eigenvalue weighted by molar-refractivity contribution is 6.30. The van der Waals surface area contributed by atoms with Crippen LogP contribution in [0.2, 0.25) is 5.02 Å². The number of rotatable bonds is 4. The van der Waals surface area contributed by atoms with E-state index >= 15 is 0 Å². The van der Waals surface area contributed by atoms with Crippen LogP contribution in [0.5, 0.6) is 0 Å². The van der Waals surface area contributed by atoms with Crippen molar-refractivity contribution in [3.63, 3.8) is 0 Å². The predicted octanol–water partition coefficient (Wildman–Crippen LogP) is 4.80. The highest BCUT2D eigenvalue weighted by Crippen LogP contribution is 2.35. The molecule has 2 aromatic carbocycles. The number of fused-ring (bicyclic) bond motifs is 1. The van der Waals surface area contributed by atoms with Gasteiger partial charge in [-0.3, -0.25) is 9.69 Å². The topological polar surface area (TPSA) is 45.5 Å². The smallest absolute Gasteiger partial charge is 0.306 e. The van der Waals surface area contributed by atoms with E-state index in [1.807, 2.05) is 12.1 Å². The van der Waals surface area contributed by atoms with Crippen molar-refractivity contribution in [2.45, 2.75) is 19.4 Å². The second-order valence-corrected chi connectivity index (χ2v) is 7.74. The number of piperidine rings is 1. The van der Waals surface area contributed by atoms with Gasteiger partial charge in [0.15, 0.2) is 0 Å². The van der Waals surface area contributed by atoms with E-state index < -0.39 is 5.97 Å². The molecular formula is C22H23ClN2O2. The number of benzene rings is 2. The van der Waals surface area contributed by atoms with Gasteiger partial charge in [-0.2, -0.15) is 0 Å². The van der Waals surface area contributed by atoms with Crippen LogP contribution in [0, 0.1) is 5.92 Å². The lowest BCUT2D eigenvalue weighted by Crippen LogP contribution is -2.35. The number of hydrogen-bond acceptors (Lipinski definition) is 2. The van der Waals surface area contributed by atoms with Crippen LogP contribution in [0.25, 0.3) is 22.2 Å². The first kappa shape index (κ1) is 18.1. The van der Waals surface area contributed by atoms with Gasteiger partial charge in [0.1, 0.15) is 0 Å². The molecule has 140 valence electrons. The predicted molar refractivity (Wildman–Crippen MR) is 109 cm³/mol. The summed E-state index contributed by atoms with van der Waals surface area (Å²) in [5.41, 5.74) is 4.85. The lowest BCUT2D eigenvalue weighted by molar-refractivity contribution is -0.143. The van der Waals surface area contributed by atoms with Crippen LogP contribution in [-0.2, 0) is 18.4 Å². The minimum Gasteiger partial charge on any atom is -0.481 e. The van der Waals surface area contributed by atoms with E-state index in [0.29, 0.717) is 0 Å². The molecule has 0 radical (unpaired) electrons. The van der Waals surface area contributed by atoms with E-state index in [2.05, 4.69) is 52.9 Å². The lowest BCUT2D eigenvalue weighted by atomic mass is 9.96. The van der Waals surface area contributed by atoms with Crippen molar-refractivity contribution < 1.29 is 9.90 Å². The molecule has 0 spiro atoms. The number of hydrogen-bond donors (Lipinski definition) is 1. The fourth-order valence-electron chi connectivity index (χ4n) is 4.17. The number of halogens is 1. The maximum Gasteiger partial charge on any atom is 0.306 e. The van der Waals surface area contributed by atoms with Crippen molar-refractivity contribution in [3.8, 4) is 11.3 Å². The Labute approximate surface area is 164 Å². The van der Waals surface area contributed by atoms with Crippen LogP contribution in [0.1, 0.15) is 18.4 Å². The zero-order chi connectivity index (χ0) is 19.0. The van der Waals surface area contributed by atoms with Gasteiger partial charge in [0, 0.05) is 29.5 Å². The Bertz CT molecular complexity index is 970. The molecule has 4 rings (SSSR count). The monoisotopic (exact) mass is 382 g/mol. The van der Waals surface area contributed by atoms with Crippen molar-refractivity contribution in [2.24, 2.45) is 13.0 Å². The van der Waals surface area contributed by atoms with Crippen LogP contribution in [0.3, 0.4) is 0 Å². The number of likely N-dealkylation sites (tertiary alicyclic amines) is 1. The third-order valence-electron chi connectivity index (χ3n) is 5.65. The number of aryl methyl sites for hydroxylation is 1. The first-order valence-electron chi connectivity index (χ1n) is 9.32. The van der Waals surface area contributed by atoms with Gasteiger partial charge in [-0.1, -0.05) is 41.9 Å². The Morgan fingerprint density at radius 2 is 1.78 bits per heavy atom. The molecule has 0 aliphatic carbocycles. The Kier molecular flexibility index (Phi) is 4.94. The van der Waals surface area contributed by atoms with Crippen LogP contribution >= 0.6 is 11.6 Å². The standard InChI is InChI=1S/C22H23ClN2O2/c1-24-20-5-3-2-4-18(20)19(21(24)15-6-8-17(23)9-7-15)14-25-12-10-16(11-13-25)22(26)27/h2-9,16H,10-14H2,1H3,(H,26,27). The highest BCUT2D eigenvalue weighted by atomic mass is 35.5. The van der Waals surface area contributed by atoms with Gasteiger partial charge >= 0.3 is 5.97 Å². The lowest BCUT2D eigenvalue weighted by Gasteiger charge is -2.30. The van der Waals surface area contributed by atoms with E-state index in [1.54, 1.807) is 0 Å². The molecule has 1 aliphatic rings. The molecule has 0 atom stereocenters. The maximum atomic E-state index is 11.2. The summed E-state index contributed by atoms with van der Waals surface area (Å²) >= 11 is 6.09. The molecule has 1 aromatic heterocycles. The average molecular weight is 383 g/mol. The van der Waals surface area contributed by atoms with Gasteiger partial charge in [0.25, 0.3) is 0 Å². The zero-order valence-electron chi connectivity index (χ0n) is 15.4. The molecule has 4 nitrogen and oxygen atoms in total. The number of carboxylic acid groups (broad SMARTS) is 1. The van der Waals surface area contributed by atoms with Crippen LogP contribution in [0.4, 0.5) is 0 Å². The van der Waals surface area contributed by atoms with E-state index in [4.69, 9.17) is 11.6 Å². The Morgan fingerprint density at radius 3 is 2.44 bits per heavy atom. The number of carboxylic acids is 1. The fourth-order valence-corrected chi connectivity index (χ4v) is 4.30. The summed E-state index contributed by atoms with van der Waals surface area (Å²) < 4.78 is 2.25. The van der Waals surface area contributed by atoms with Gasteiger partial charge in [0.05, 0.1) is 11.6 Å². The molecule has 0 saturated carbocycles. The third-order valence-corrected chi connectivity index (χ3v) is 5.90. The molecule has 5 heteroatoms. The third kappa shape index (κ3) is 3.47. The summed E-state index contributed by atoms with van der Waals surface area (Å²) in [5, 5.41) is 11.2. The zero-order valence-corrected chi connectivity index (χ0v) is 16.1. The van der Waals surface area contributed by atoms with Crippen molar-refractivity contribution in [1.29, 1.82) is 0 Å². The Morgan fingerprint density at radius 1 is 1.11 bits per heavy atom. The SMILES string of the molecule is Cn1c(-c2ccc(Cl)cc2)c(CN2CCC(C(=O)O)CC2)c2ccccc21. The van der Waals surface area contributed by atoms with E-state index in [9.17, 15) is 9.90 Å². The van der Waals surface area contributed by atoms with Gasteiger partial charge in [0.2, 0.25) is 0 Å². The van der Waals surface area contributed by atoms with Gasteiger partial charge in [-0.25, -0.2) is 0 Å². The van der Waals surface area contributed by atoms with Crippen molar-refractivity contribution in [1.82, 2.24) is 9.47 Å². The summed E-state index contributed by atoms with van der Waals surface area (Å²) in [4.78, 5) is 13.6. The molecule has 0 bridgehead atoms. The molecule has 27 heavy (non-hydrogen) atoms. The first-order chi connectivity index (χ1) is 13.0. The van der Waals surface area contributed by atoms with Crippen LogP contribution in [0.15, 0.2) is 48.5 Å². The highest BCUT2D eigenvalue weighted by Gasteiger charge is 2.26. The maximum absolute atomic E-state index is 11.2. The number of para-hydroxylation sites is 1. The molecule has 2 heterocycles. The molecule has 0 unspecified atom stereocenters. The van der Waals surface area contributed by atoms with Gasteiger partial charge in [-0.05, 0) is 55.3 Å². The molecular weight excluding hydrogens is 360 g/mol. The van der Waals surface area contributed by atoms with E-state index in [1.165, 1.54) is 22.2 Å². The number of aliphatic carboxylic acids is 1. The summed E-state index contributed by atoms with van der Waals surface area (Å²) in [7, 11) is 2.10. The summed E-state index contributed by atoms with van der Waals surface area (Å²) in [6.07, 6.45) is 1.44. The fraction of sp³-hybridized carbons (Fsp3) is 0.318. The second kappa shape index (κ2) is 7.37. The summed E-state index contributed by atoms with van der Waals surface area (Å²) in [6.45, 7) is 2.46. The largest absolute Gasteiger partial charge is 0.481 e. The first-order valence-corrected chi connectivity index (χ1v) is 9.70. The quantitative estimate of drug-likeness (QED) is 0.705. The Balaban J connectivity index is 1.72. The molecule has 0 amide bonds. The summed E-state index contributed by atoms with van der Waals surface area (Å²) in [6, 6.07) is 16.5. The van der Waals surface area contributed by atoms with E-state index in [-0.39, 0.29) is 5.92 Å². The summed E-state index contributed by atoms with van der Waals surface area (Å²) in [5.74, 6) is -0.869. The molecule has 3 aromatic rings. The molecule has 1 fully saturated rings. The second-order valence-electron chi connectivity index (χ2n) is 7.30. The average Bonchev–Trinajstić information content (AvgIpc) is 2.95.